The highest BCUT2D eigenvalue weighted by Gasteiger charge is 2.08. The van der Waals surface area contributed by atoms with E-state index in [1.54, 1.807) is 0 Å². The van der Waals surface area contributed by atoms with E-state index in [0.717, 1.165) is 39.3 Å². The van der Waals surface area contributed by atoms with Crippen molar-refractivity contribution >= 4 is 17.1 Å². The monoisotopic (exact) mass is 275 g/mol. The molecule has 0 amide bonds. The lowest BCUT2D eigenvalue weighted by atomic mass is 9.94. The average molecular weight is 275 g/mol. The summed E-state index contributed by atoms with van der Waals surface area (Å²) < 4.78 is 0. The van der Waals surface area contributed by atoms with Gasteiger partial charge in [0.25, 0.3) is 0 Å². The van der Waals surface area contributed by atoms with E-state index in [1.807, 2.05) is 66.7 Å². The van der Waals surface area contributed by atoms with E-state index in [0.29, 0.717) is 0 Å². The summed E-state index contributed by atoms with van der Waals surface area (Å²) in [6, 6.07) is 21.6. The average Bonchev–Trinajstić information content (AvgIpc) is 2.49. The van der Waals surface area contributed by atoms with Crippen LogP contribution in [0, 0.1) is 0 Å². The fraction of sp³-hybridized carbons (Fsp3) is 0. The van der Waals surface area contributed by atoms with E-state index >= 15 is 0 Å². The SMILES string of the molecule is Nc1ccc(-c2ccc(N)cc2-c2ccc(N)cc2)cc1. The predicted molar refractivity (Wildman–Crippen MR) is 90.6 cm³/mol. The maximum atomic E-state index is 5.95. The third-order valence-electron chi connectivity index (χ3n) is 3.49. The first kappa shape index (κ1) is 13.1. The highest BCUT2D eigenvalue weighted by atomic mass is 14.5. The Kier molecular flexibility index (Phi) is 3.24. The Morgan fingerprint density at radius 2 is 0.857 bits per heavy atom. The summed E-state index contributed by atoms with van der Waals surface area (Å²) in [6.07, 6.45) is 0. The molecule has 0 radical (unpaired) electrons. The van der Waals surface area contributed by atoms with Gasteiger partial charge in [-0.3, -0.25) is 0 Å². The largest absolute Gasteiger partial charge is 0.399 e. The van der Waals surface area contributed by atoms with Crippen LogP contribution in [0.3, 0.4) is 0 Å². The molecule has 3 nitrogen and oxygen atoms in total. The summed E-state index contributed by atoms with van der Waals surface area (Å²) in [5, 5.41) is 0. The fourth-order valence-corrected chi connectivity index (χ4v) is 2.38. The Morgan fingerprint density at radius 1 is 0.429 bits per heavy atom. The smallest absolute Gasteiger partial charge is 0.0320 e. The van der Waals surface area contributed by atoms with Gasteiger partial charge in [0, 0.05) is 17.1 Å². The zero-order valence-electron chi connectivity index (χ0n) is 11.6. The standard InChI is InChI=1S/C18H17N3/c19-14-5-1-12(2-6-14)17-10-9-16(21)11-18(17)13-3-7-15(20)8-4-13/h1-11H,19-21H2. The Bertz CT molecular complexity index is 759. The number of benzene rings is 3. The molecule has 0 saturated heterocycles. The highest BCUT2D eigenvalue weighted by molar-refractivity contribution is 5.86. The highest BCUT2D eigenvalue weighted by Crippen LogP contribution is 2.34. The van der Waals surface area contributed by atoms with Gasteiger partial charge in [0.1, 0.15) is 0 Å². The molecule has 0 saturated carbocycles. The van der Waals surface area contributed by atoms with Crippen LogP contribution in [-0.2, 0) is 0 Å². The van der Waals surface area contributed by atoms with Gasteiger partial charge >= 0.3 is 0 Å². The molecule has 3 heteroatoms. The first-order chi connectivity index (χ1) is 10.1. The molecular weight excluding hydrogens is 258 g/mol. The molecule has 0 aliphatic carbocycles. The second-order valence-electron chi connectivity index (χ2n) is 5.05. The van der Waals surface area contributed by atoms with E-state index in [1.165, 1.54) is 0 Å². The lowest BCUT2D eigenvalue weighted by molar-refractivity contribution is 1.57. The zero-order chi connectivity index (χ0) is 14.8. The van der Waals surface area contributed by atoms with Crippen LogP contribution in [0.25, 0.3) is 22.3 Å². The zero-order valence-corrected chi connectivity index (χ0v) is 11.6. The van der Waals surface area contributed by atoms with Crippen molar-refractivity contribution in [2.75, 3.05) is 17.2 Å². The van der Waals surface area contributed by atoms with Crippen molar-refractivity contribution < 1.29 is 0 Å². The molecule has 0 unspecified atom stereocenters. The predicted octanol–water partition coefficient (Wildman–Crippen LogP) is 3.77. The fourth-order valence-electron chi connectivity index (χ4n) is 2.38. The molecule has 0 aromatic heterocycles. The van der Waals surface area contributed by atoms with E-state index < -0.39 is 0 Å². The van der Waals surface area contributed by atoms with Crippen molar-refractivity contribution in [1.82, 2.24) is 0 Å². The van der Waals surface area contributed by atoms with Crippen LogP contribution in [0.5, 0.6) is 0 Å². The van der Waals surface area contributed by atoms with Crippen LogP contribution in [-0.4, -0.2) is 0 Å². The molecule has 0 heterocycles. The van der Waals surface area contributed by atoms with Crippen LogP contribution in [0.4, 0.5) is 17.1 Å². The first-order valence-electron chi connectivity index (χ1n) is 6.75. The van der Waals surface area contributed by atoms with Gasteiger partial charge in [0.15, 0.2) is 0 Å². The molecule has 0 spiro atoms. The summed E-state index contributed by atoms with van der Waals surface area (Å²) in [6.45, 7) is 0. The third kappa shape index (κ3) is 2.67. The molecule has 3 rings (SSSR count). The van der Waals surface area contributed by atoms with Gasteiger partial charge in [-0.15, -0.1) is 0 Å². The molecule has 0 atom stereocenters. The van der Waals surface area contributed by atoms with Crippen molar-refractivity contribution in [3.8, 4) is 22.3 Å². The second kappa shape index (κ2) is 5.21. The third-order valence-corrected chi connectivity index (χ3v) is 3.49. The van der Waals surface area contributed by atoms with E-state index in [9.17, 15) is 0 Å². The van der Waals surface area contributed by atoms with Gasteiger partial charge in [-0.2, -0.15) is 0 Å². The minimum atomic E-state index is 0.737. The van der Waals surface area contributed by atoms with E-state index in [-0.39, 0.29) is 0 Å². The molecule has 0 fully saturated rings. The number of hydrogen-bond acceptors (Lipinski definition) is 3. The maximum absolute atomic E-state index is 5.95. The summed E-state index contributed by atoms with van der Waals surface area (Å²) in [5.41, 5.74) is 24.1. The molecule has 0 aliphatic rings. The Hall–Kier alpha value is -2.94. The molecule has 0 bridgehead atoms. The minimum Gasteiger partial charge on any atom is -0.399 e. The Morgan fingerprint density at radius 3 is 1.38 bits per heavy atom. The maximum Gasteiger partial charge on any atom is 0.0320 e. The quantitative estimate of drug-likeness (QED) is 0.623. The van der Waals surface area contributed by atoms with Gasteiger partial charge in [-0.1, -0.05) is 30.3 Å². The molecule has 3 aromatic carbocycles. The van der Waals surface area contributed by atoms with Gasteiger partial charge in [-0.25, -0.2) is 0 Å². The van der Waals surface area contributed by atoms with Gasteiger partial charge < -0.3 is 17.2 Å². The first-order valence-corrected chi connectivity index (χ1v) is 6.75. The topological polar surface area (TPSA) is 78.1 Å². The molecule has 104 valence electrons. The van der Waals surface area contributed by atoms with Gasteiger partial charge in [0.2, 0.25) is 0 Å². The number of nitrogen functional groups attached to an aromatic ring is 3. The molecule has 21 heavy (non-hydrogen) atoms. The number of anilines is 3. The van der Waals surface area contributed by atoms with Crippen molar-refractivity contribution in [1.29, 1.82) is 0 Å². The molecular formula is C18H17N3. The molecule has 3 aromatic rings. The van der Waals surface area contributed by atoms with Crippen molar-refractivity contribution in [2.24, 2.45) is 0 Å². The van der Waals surface area contributed by atoms with Crippen molar-refractivity contribution in [3.05, 3.63) is 66.7 Å². The number of hydrogen-bond donors (Lipinski definition) is 3. The summed E-state index contributed by atoms with van der Waals surface area (Å²) >= 11 is 0. The van der Waals surface area contributed by atoms with Crippen LogP contribution < -0.4 is 17.2 Å². The molecule has 6 N–H and O–H groups in total. The van der Waals surface area contributed by atoms with Gasteiger partial charge in [-0.05, 0) is 58.7 Å². The van der Waals surface area contributed by atoms with Crippen molar-refractivity contribution in [3.63, 3.8) is 0 Å². The lowest BCUT2D eigenvalue weighted by Gasteiger charge is -2.12. The normalized spacial score (nSPS) is 10.5. The summed E-state index contributed by atoms with van der Waals surface area (Å²) in [7, 11) is 0. The summed E-state index contributed by atoms with van der Waals surface area (Å²) in [5.74, 6) is 0. The lowest BCUT2D eigenvalue weighted by Crippen LogP contribution is -1.91. The molecule has 0 aliphatic heterocycles. The Labute approximate surface area is 124 Å². The summed E-state index contributed by atoms with van der Waals surface area (Å²) in [4.78, 5) is 0. The minimum absolute atomic E-state index is 0.737. The van der Waals surface area contributed by atoms with E-state index in [4.69, 9.17) is 17.2 Å². The van der Waals surface area contributed by atoms with Crippen LogP contribution in [0.15, 0.2) is 66.7 Å². The van der Waals surface area contributed by atoms with Gasteiger partial charge in [0.05, 0.1) is 0 Å². The second-order valence-corrected chi connectivity index (χ2v) is 5.05. The number of rotatable bonds is 2. The van der Waals surface area contributed by atoms with Crippen molar-refractivity contribution in [2.45, 2.75) is 0 Å². The van der Waals surface area contributed by atoms with E-state index in [2.05, 4.69) is 0 Å². The number of nitrogens with two attached hydrogens (primary N) is 3. The van der Waals surface area contributed by atoms with Crippen LogP contribution >= 0.6 is 0 Å². The Balaban J connectivity index is 2.17. The van der Waals surface area contributed by atoms with Crippen LogP contribution in [0.2, 0.25) is 0 Å². The van der Waals surface area contributed by atoms with Crippen LogP contribution in [0.1, 0.15) is 0 Å².